The largest absolute Gasteiger partial charge is 0.370 e. The van der Waals surface area contributed by atoms with Crippen LogP contribution in [-0.4, -0.2) is 31.6 Å². The lowest BCUT2D eigenvalue weighted by molar-refractivity contribution is 0.815. The minimum atomic E-state index is 0.828. The van der Waals surface area contributed by atoms with Crippen LogP contribution in [0.1, 0.15) is 5.56 Å². The Bertz CT molecular complexity index is 351. The lowest BCUT2D eigenvalue weighted by Crippen LogP contribution is -2.32. The first kappa shape index (κ1) is 12.1. The molecule has 2 nitrogen and oxygen atoms in total. The smallest absolute Gasteiger partial charge is 0.0471 e. The third-order valence-electron chi connectivity index (χ3n) is 2.78. The Kier molecular flexibility index (Phi) is 4.38. The zero-order valence-electron chi connectivity index (χ0n) is 9.50. The van der Waals surface area contributed by atoms with E-state index in [2.05, 4.69) is 28.4 Å². The van der Waals surface area contributed by atoms with Crippen LogP contribution in [0, 0.1) is 0 Å². The van der Waals surface area contributed by atoms with Gasteiger partial charge in [0.15, 0.2) is 0 Å². The molecule has 0 spiro atoms. The second-order valence-electron chi connectivity index (χ2n) is 3.91. The van der Waals surface area contributed by atoms with Gasteiger partial charge in [0.1, 0.15) is 0 Å². The van der Waals surface area contributed by atoms with Crippen molar-refractivity contribution in [2.75, 3.05) is 36.5 Å². The summed E-state index contributed by atoms with van der Waals surface area (Å²) in [7, 11) is 1.94. The van der Waals surface area contributed by atoms with Crippen LogP contribution in [0.3, 0.4) is 0 Å². The Labute approximate surface area is 106 Å². The quantitative estimate of drug-likeness (QED) is 0.895. The molecule has 1 N–H and O–H groups in total. The highest BCUT2D eigenvalue weighted by atomic mass is 35.5. The molecule has 88 valence electrons. The van der Waals surface area contributed by atoms with Crippen molar-refractivity contribution in [1.29, 1.82) is 0 Å². The summed E-state index contributed by atoms with van der Waals surface area (Å²) in [5.41, 5.74) is 2.42. The summed E-state index contributed by atoms with van der Waals surface area (Å²) in [6.45, 7) is 3.09. The molecule has 1 fully saturated rings. The minimum Gasteiger partial charge on any atom is -0.370 e. The maximum Gasteiger partial charge on any atom is 0.0471 e. The Morgan fingerprint density at radius 2 is 2.12 bits per heavy atom. The van der Waals surface area contributed by atoms with Gasteiger partial charge in [-0.1, -0.05) is 17.7 Å². The van der Waals surface area contributed by atoms with Crippen LogP contribution in [0.4, 0.5) is 5.69 Å². The fraction of sp³-hybridized carbons (Fsp3) is 0.500. The van der Waals surface area contributed by atoms with Gasteiger partial charge in [0.2, 0.25) is 0 Å². The molecule has 0 unspecified atom stereocenters. The molecule has 1 aromatic rings. The lowest BCUT2D eigenvalue weighted by atomic mass is 10.2. The Balaban J connectivity index is 2.13. The molecule has 1 aliphatic heterocycles. The van der Waals surface area contributed by atoms with E-state index in [4.69, 9.17) is 11.6 Å². The number of rotatable bonds is 3. The maximum atomic E-state index is 6.26. The van der Waals surface area contributed by atoms with E-state index in [0.717, 1.165) is 24.7 Å². The number of nitrogens with zero attached hydrogens (tertiary/aromatic N) is 1. The van der Waals surface area contributed by atoms with Crippen molar-refractivity contribution >= 4 is 29.1 Å². The molecule has 0 aromatic heterocycles. The predicted octanol–water partition coefficient (Wildman–Crippen LogP) is 2.61. The van der Waals surface area contributed by atoms with Crippen LogP contribution < -0.4 is 10.2 Å². The van der Waals surface area contributed by atoms with Gasteiger partial charge in [0.25, 0.3) is 0 Å². The third-order valence-corrected chi connectivity index (χ3v) is 4.07. The second-order valence-corrected chi connectivity index (χ2v) is 5.54. The number of hydrogen-bond acceptors (Lipinski definition) is 3. The van der Waals surface area contributed by atoms with Crippen LogP contribution in [0.15, 0.2) is 18.2 Å². The second kappa shape index (κ2) is 5.80. The fourth-order valence-electron chi connectivity index (χ4n) is 1.89. The van der Waals surface area contributed by atoms with E-state index in [0.29, 0.717) is 0 Å². The molecule has 1 heterocycles. The van der Waals surface area contributed by atoms with Gasteiger partial charge in [-0.2, -0.15) is 11.8 Å². The Morgan fingerprint density at radius 1 is 1.38 bits per heavy atom. The topological polar surface area (TPSA) is 15.3 Å². The first-order chi connectivity index (χ1) is 7.81. The van der Waals surface area contributed by atoms with Crippen molar-refractivity contribution in [2.24, 2.45) is 0 Å². The first-order valence-corrected chi connectivity index (χ1v) is 7.10. The zero-order valence-corrected chi connectivity index (χ0v) is 11.1. The molecule has 0 bridgehead atoms. The average Bonchev–Trinajstić information content (AvgIpc) is 2.33. The van der Waals surface area contributed by atoms with Gasteiger partial charge in [-0.25, -0.2) is 0 Å². The van der Waals surface area contributed by atoms with Gasteiger partial charge < -0.3 is 10.2 Å². The summed E-state index contributed by atoms with van der Waals surface area (Å²) in [5, 5.41) is 3.99. The summed E-state index contributed by atoms with van der Waals surface area (Å²) in [5.74, 6) is 2.44. The molecule has 0 aliphatic carbocycles. The molecule has 0 radical (unpaired) electrons. The molecule has 0 saturated carbocycles. The van der Waals surface area contributed by atoms with E-state index in [1.165, 1.54) is 22.8 Å². The van der Waals surface area contributed by atoms with Crippen molar-refractivity contribution in [3.63, 3.8) is 0 Å². The van der Waals surface area contributed by atoms with Crippen LogP contribution >= 0.6 is 23.4 Å². The number of benzene rings is 1. The standard InChI is InChI=1S/C12H17ClN2S/c1-14-9-10-2-3-11(8-12(10)13)15-4-6-16-7-5-15/h2-3,8,14H,4-7,9H2,1H3. The van der Waals surface area contributed by atoms with E-state index < -0.39 is 0 Å². The molecule has 16 heavy (non-hydrogen) atoms. The highest BCUT2D eigenvalue weighted by Gasteiger charge is 2.12. The summed E-state index contributed by atoms with van der Waals surface area (Å²) in [6.07, 6.45) is 0. The number of hydrogen-bond donors (Lipinski definition) is 1. The molecule has 0 amide bonds. The molecule has 1 aliphatic rings. The number of anilines is 1. The zero-order chi connectivity index (χ0) is 11.4. The summed E-state index contributed by atoms with van der Waals surface area (Å²) in [4.78, 5) is 2.41. The Hall–Kier alpha value is -0.380. The number of nitrogens with one attached hydrogen (secondary N) is 1. The van der Waals surface area contributed by atoms with Crippen LogP contribution in [-0.2, 0) is 6.54 Å². The predicted molar refractivity (Wildman–Crippen MR) is 73.8 cm³/mol. The van der Waals surface area contributed by atoms with Gasteiger partial charge in [-0.3, -0.25) is 0 Å². The Morgan fingerprint density at radius 3 is 2.75 bits per heavy atom. The molecule has 1 aromatic carbocycles. The lowest BCUT2D eigenvalue weighted by Gasteiger charge is -2.28. The summed E-state index contributed by atoms with van der Waals surface area (Å²) >= 11 is 8.28. The highest BCUT2D eigenvalue weighted by molar-refractivity contribution is 7.99. The van der Waals surface area contributed by atoms with Gasteiger partial charge in [0, 0.05) is 41.8 Å². The van der Waals surface area contributed by atoms with Crippen molar-refractivity contribution in [3.05, 3.63) is 28.8 Å². The van der Waals surface area contributed by atoms with Crippen LogP contribution in [0.2, 0.25) is 5.02 Å². The molecular formula is C12H17ClN2S. The maximum absolute atomic E-state index is 6.26. The van der Waals surface area contributed by atoms with E-state index in [9.17, 15) is 0 Å². The van der Waals surface area contributed by atoms with Gasteiger partial charge in [-0.05, 0) is 24.7 Å². The minimum absolute atomic E-state index is 0.828. The van der Waals surface area contributed by atoms with Gasteiger partial charge in [-0.15, -0.1) is 0 Å². The van der Waals surface area contributed by atoms with Crippen LogP contribution in [0.5, 0.6) is 0 Å². The van der Waals surface area contributed by atoms with Crippen molar-refractivity contribution in [2.45, 2.75) is 6.54 Å². The summed E-state index contributed by atoms with van der Waals surface area (Å²) < 4.78 is 0. The molecular weight excluding hydrogens is 240 g/mol. The molecule has 2 rings (SSSR count). The van der Waals surface area contributed by atoms with Crippen molar-refractivity contribution < 1.29 is 0 Å². The summed E-state index contributed by atoms with van der Waals surface area (Å²) in [6, 6.07) is 6.38. The van der Waals surface area contributed by atoms with Gasteiger partial charge in [0.05, 0.1) is 0 Å². The SMILES string of the molecule is CNCc1ccc(N2CCSCC2)cc1Cl. The van der Waals surface area contributed by atoms with Gasteiger partial charge >= 0.3 is 0 Å². The van der Waals surface area contributed by atoms with E-state index >= 15 is 0 Å². The third kappa shape index (κ3) is 2.84. The van der Waals surface area contributed by atoms with E-state index in [1.54, 1.807) is 0 Å². The number of thioether (sulfide) groups is 1. The fourth-order valence-corrected chi connectivity index (χ4v) is 3.03. The van der Waals surface area contributed by atoms with Crippen LogP contribution in [0.25, 0.3) is 0 Å². The highest BCUT2D eigenvalue weighted by Crippen LogP contribution is 2.25. The average molecular weight is 257 g/mol. The monoisotopic (exact) mass is 256 g/mol. The normalized spacial score (nSPS) is 16.5. The van der Waals surface area contributed by atoms with E-state index in [1.807, 2.05) is 18.8 Å². The number of halogens is 1. The molecule has 1 saturated heterocycles. The molecule has 4 heteroatoms. The van der Waals surface area contributed by atoms with E-state index in [-0.39, 0.29) is 0 Å². The van der Waals surface area contributed by atoms with Crippen molar-refractivity contribution in [3.8, 4) is 0 Å². The molecule has 0 atom stereocenters. The first-order valence-electron chi connectivity index (χ1n) is 5.57. The van der Waals surface area contributed by atoms with Crippen molar-refractivity contribution in [1.82, 2.24) is 5.32 Å².